The number of anilines is 1. The smallest absolute Gasteiger partial charge is 0.278 e. The van der Waals surface area contributed by atoms with E-state index >= 15 is 0 Å². The van der Waals surface area contributed by atoms with Gasteiger partial charge in [0.15, 0.2) is 0 Å². The van der Waals surface area contributed by atoms with Gasteiger partial charge in [0, 0.05) is 6.54 Å². The van der Waals surface area contributed by atoms with Crippen molar-refractivity contribution in [2.24, 2.45) is 0 Å². The summed E-state index contributed by atoms with van der Waals surface area (Å²) in [5.41, 5.74) is 1.07. The number of fused-ring (bicyclic) bond motifs is 1. The highest BCUT2D eigenvalue weighted by molar-refractivity contribution is 6.15. The van der Waals surface area contributed by atoms with Crippen LogP contribution in [0.15, 0.2) is 48.5 Å². The molecule has 5 nitrogen and oxygen atoms in total. The Morgan fingerprint density at radius 3 is 2.78 bits per heavy atom. The van der Waals surface area contributed by atoms with Crippen molar-refractivity contribution < 1.29 is 14.3 Å². The topological polar surface area (TPSA) is 67.4 Å². The molecule has 2 N–H and O–H groups in total. The van der Waals surface area contributed by atoms with Crippen LogP contribution < -0.4 is 15.4 Å². The molecule has 0 saturated carbocycles. The minimum atomic E-state index is -1.59. The zero-order valence-electron chi connectivity index (χ0n) is 13.1. The molecule has 118 valence electrons. The molecule has 0 spiro atoms. The number of nitrogens with one attached hydrogen (secondary N) is 2. The summed E-state index contributed by atoms with van der Waals surface area (Å²) in [6.07, 6.45) is 0. The summed E-state index contributed by atoms with van der Waals surface area (Å²) in [6.45, 7) is 3.81. The highest BCUT2D eigenvalue weighted by Crippen LogP contribution is 2.33. The van der Waals surface area contributed by atoms with Crippen LogP contribution in [0.25, 0.3) is 0 Å². The highest BCUT2D eigenvalue weighted by atomic mass is 16.5. The first-order valence-corrected chi connectivity index (χ1v) is 7.42. The number of aryl methyl sites for hydroxylation is 1. The summed E-state index contributed by atoms with van der Waals surface area (Å²) in [6, 6.07) is 14.9. The molecule has 1 atom stereocenters. The summed E-state index contributed by atoms with van der Waals surface area (Å²) in [5, 5.41) is 5.49. The lowest BCUT2D eigenvalue weighted by Crippen LogP contribution is -2.58. The van der Waals surface area contributed by atoms with Crippen LogP contribution >= 0.6 is 0 Å². The molecule has 1 aliphatic heterocycles. The second kappa shape index (κ2) is 5.76. The fourth-order valence-corrected chi connectivity index (χ4v) is 2.49. The Bertz CT molecular complexity index is 772. The highest BCUT2D eigenvalue weighted by Gasteiger charge is 2.47. The minimum Gasteiger partial charge on any atom is -0.466 e. The van der Waals surface area contributed by atoms with E-state index in [0.29, 0.717) is 18.0 Å². The van der Waals surface area contributed by atoms with E-state index in [0.717, 1.165) is 11.1 Å². The Morgan fingerprint density at radius 2 is 2.00 bits per heavy atom. The Labute approximate surface area is 134 Å². The molecule has 1 unspecified atom stereocenters. The van der Waals surface area contributed by atoms with Gasteiger partial charge in [0.25, 0.3) is 17.4 Å². The molecule has 5 heteroatoms. The Morgan fingerprint density at radius 1 is 1.22 bits per heavy atom. The minimum absolute atomic E-state index is 0.342. The molecule has 2 amide bonds. The molecule has 0 radical (unpaired) electrons. The molecule has 3 rings (SSSR count). The van der Waals surface area contributed by atoms with Crippen molar-refractivity contribution in [3.05, 3.63) is 59.7 Å². The van der Waals surface area contributed by atoms with E-state index in [1.165, 1.54) is 6.92 Å². The van der Waals surface area contributed by atoms with Gasteiger partial charge in [-0.3, -0.25) is 9.59 Å². The zero-order chi connectivity index (χ0) is 16.4. The van der Waals surface area contributed by atoms with Gasteiger partial charge < -0.3 is 15.4 Å². The molecule has 0 bridgehead atoms. The van der Waals surface area contributed by atoms with Gasteiger partial charge in [0.2, 0.25) is 0 Å². The second-order valence-corrected chi connectivity index (χ2v) is 5.76. The SMILES string of the molecule is Cc1cccc(CNC(=O)C2(C)Oc3ccccc3NC2=O)c1. The Balaban J connectivity index is 1.75. The first kappa shape index (κ1) is 15.1. The van der Waals surface area contributed by atoms with E-state index < -0.39 is 17.4 Å². The first-order chi connectivity index (χ1) is 11.0. The summed E-state index contributed by atoms with van der Waals surface area (Å²) >= 11 is 0. The van der Waals surface area contributed by atoms with Gasteiger partial charge in [-0.2, -0.15) is 0 Å². The summed E-state index contributed by atoms with van der Waals surface area (Å²) < 4.78 is 5.68. The van der Waals surface area contributed by atoms with Crippen molar-refractivity contribution in [2.75, 3.05) is 5.32 Å². The fourth-order valence-electron chi connectivity index (χ4n) is 2.49. The molecule has 0 saturated heterocycles. The van der Waals surface area contributed by atoms with E-state index in [4.69, 9.17) is 4.74 Å². The maximum Gasteiger partial charge on any atom is 0.278 e. The summed E-state index contributed by atoms with van der Waals surface area (Å²) in [7, 11) is 0. The Hall–Kier alpha value is -2.82. The van der Waals surface area contributed by atoms with Crippen molar-refractivity contribution in [1.82, 2.24) is 5.32 Å². The second-order valence-electron chi connectivity index (χ2n) is 5.76. The largest absolute Gasteiger partial charge is 0.466 e. The van der Waals surface area contributed by atoms with E-state index in [1.807, 2.05) is 31.2 Å². The van der Waals surface area contributed by atoms with Gasteiger partial charge in [-0.15, -0.1) is 0 Å². The molecule has 2 aromatic carbocycles. The van der Waals surface area contributed by atoms with E-state index in [1.54, 1.807) is 24.3 Å². The van der Waals surface area contributed by atoms with Crippen LogP contribution in [0.1, 0.15) is 18.1 Å². The maximum absolute atomic E-state index is 12.5. The molecule has 1 heterocycles. The van der Waals surface area contributed by atoms with E-state index in [-0.39, 0.29) is 0 Å². The van der Waals surface area contributed by atoms with Gasteiger partial charge in [0.1, 0.15) is 5.75 Å². The predicted octanol–water partition coefficient (Wildman–Crippen LogP) is 2.40. The summed E-state index contributed by atoms with van der Waals surface area (Å²) in [4.78, 5) is 24.8. The Kier molecular flexibility index (Phi) is 3.78. The molecular weight excluding hydrogens is 292 g/mol. The number of benzene rings is 2. The zero-order valence-corrected chi connectivity index (χ0v) is 13.1. The van der Waals surface area contributed by atoms with Crippen LogP contribution in [-0.2, 0) is 16.1 Å². The lowest BCUT2D eigenvalue weighted by molar-refractivity contribution is -0.146. The quantitative estimate of drug-likeness (QED) is 0.856. The molecule has 2 aromatic rings. The van der Waals surface area contributed by atoms with Crippen LogP contribution in [0.3, 0.4) is 0 Å². The van der Waals surface area contributed by atoms with E-state index in [2.05, 4.69) is 10.6 Å². The van der Waals surface area contributed by atoms with Crippen LogP contribution in [0.4, 0.5) is 5.69 Å². The number of carbonyl (C=O) groups excluding carboxylic acids is 2. The maximum atomic E-state index is 12.5. The van der Waals surface area contributed by atoms with Crippen molar-refractivity contribution in [1.29, 1.82) is 0 Å². The average Bonchev–Trinajstić information content (AvgIpc) is 2.53. The lowest BCUT2D eigenvalue weighted by atomic mass is 10.0. The van der Waals surface area contributed by atoms with Crippen LogP contribution in [-0.4, -0.2) is 17.4 Å². The van der Waals surface area contributed by atoms with Crippen molar-refractivity contribution in [2.45, 2.75) is 26.0 Å². The number of para-hydroxylation sites is 2. The molecule has 0 aliphatic carbocycles. The third-order valence-corrected chi connectivity index (χ3v) is 3.85. The fraction of sp³-hybridized carbons (Fsp3) is 0.222. The molecule has 0 fully saturated rings. The van der Waals surface area contributed by atoms with Gasteiger partial charge in [-0.1, -0.05) is 42.0 Å². The van der Waals surface area contributed by atoms with Crippen molar-refractivity contribution >= 4 is 17.5 Å². The molecule has 23 heavy (non-hydrogen) atoms. The molecular formula is C18H18N2O3. The number of hydrogen-bond donors (Lipinski definition) is 2. The first-order valence-electron chi connectivity index (χ1n) is 7.42. The average molecular weight is 310 g/mol. The number of carbonyl (C=O) groups is 2. The van der Waals surface area contributed by atoms with Crippen molar-refractivity contribution in [3.63, 3.8) is 0 Å². The number of amides is 2. The molecule has 1 aliphatic rings. The third-order valence-electron chi connectivity index (χ3n) is 3.85. The number of rotatable bonds is 3. The van der Waals surface area contributed by atoms with Gasteiger partial charge >= 0.3 is 0 Å². The predicted molar refractivity (Wildman–Crippen MR) is 87.1 cm³/mol. The normalized spacial score (nSPS) is 19.3. The number of ether oxygens (including phenoxy) is 1. The van der Waals surface area contributed by atoms with Crippen molar-refractivity contribution in [3.8, 4) is 5.75 Å². The van der Waals surface area contributed by atoms with E-state index in [9.17, 15) is 9.59 Å². The number of hydrogen-bond acceptors (Lipinski definition) is 3. The van der Waals surface area contributed by atoms with Crippen LogP contribution in [0.2, 0.25) is 0 Å². The monoisotopic (exact) mass is 310 g/mol. The lowest BCUT2D eigenvalue weighted by Gasteiger charge is -2.33. The van der Waals surface area contributed by atoms with Gasteiger partial charge in [0.05, 0.1) is 5.69 Å². The summed E-state index contributed by atoms with van der Waals surface area (Å²) in [5.74, 6) is -0.454. The van der Waals surface area contributed by atoms with Gasteiger partial charge in [-0.25, -0.2) is 0 Å². The molecule has 0 aromatic heterocycles. The standard InChI is InChI=1S/C18H18N2O3/c1-12-6-5-7-13(10-12)11-19-16(21)18(2)17(22)20-14-8-3-4-9-15(14)23-18/h3-10H,11H2,1-2H3,(H,19,21)(H,20,22). The third kappa shape index (κ3) is 2.90. The van der Waals surface area contributed by atoms with Crippen LogP contribution in [0.5, 0.6) is 5.75 Å². The van der Waals surface area contributed by atoms with Crippen LogP contribution in [0, 0.1) is 6.92 Å². The van der Waals surface area contributed by atoms with Gasteiger partial charge in [-0.05, 0) is 31.5 Å².